The van der Waals surface area contributed by atoms with E-state index in [9.17, 15) is 10.5 Å². The number of hydrogen-bond donors (Lipinski definition) is 1. The summed E-state index contributed by atoms with van der Waals surface area (Å²) in [5.74, 6) is -1.51. The highest BCUT2D eigenvalue weighted by molar-refractivity contribution is 6.00. The van der Waals surface area contributed by atoms with Gasteiger partial charge in [0, 0.05) is 24.7 Å². The molecule has 0 saturated heterocycles. The Morgan fingerprint density at radius 1 is 1.16 bits per heavy atom. The summed E-state index contributed by atoms with van der Waals surface area (Å²) in [5.41, 5.74) is 4.21. The molecule has 0 radical (unpaired) electrons. The minimum Gasteiger partial charge on any atom is -0.496 e. The van der Waals surface area contributed by atoms with Crippen LogP contribution in [0.1, 0.15) is 25.3 Å². The average Bonchev–Trinajstić information content (AvgIpc) is 3.20. The zero-order valence-corrected chi connectivity index (χ0v) is 14.4. The van der Waals surface area contributed by atoms with Gasteiger partial charge in [0.25, 0.3) is 5.91 Å². The molecule has 1 aliphatic heterocycles. The van der Waals surface area contributed by atoms with E-state index < -0.39 is 22.7 Å². The Morgan fingerprint density at radius 2 is 1.80 bits per heavy atom. The van der Waals surface area contributed by atoms with Crippen molar-refractivity contribution >= 4 is 5.84 Å². The lowest BCUT2D eigenvalue weighted by Crippen LogP contribution is -2.43. The molecule has 3 atom stereocenters. The van der Waals surface area contributed by atoms with Gasteiger partial charge in [0.15, 0.2) is 5.41 Å². The first-order chi connectivity index (χ1) is 12.0. The summed E-state index contributed by atoms with van der Waals surface area (Å²) in [6, 6.07) is 11.8. The molecule has 0 aromatic heterocycles. The Bertz CT molecular complexity index is 803. The van der Waals surface area contributed by atoms with Crippen molar-refractivity contribution in [2.45, 2.75) is 25.7 Å². The fourth-order valence-corrected chi connectivity index (χ4v) is 4.12. The normalized spacial score (nSPS) is 31.4. The van der Waals surface area contributed by atoms with Gasteiger partial charge in [-0.3, -0.25) is 0 Å². The Balaban J connectivity index is 2.25. The number of nitrogens with zero attached hydrogens (tertiary/aromatic N) is 3. The molecule has 7 nitrogen and oxygen atoms in total. The van der Waals surface area contributed by atoms with Crippen LogP contribution in [-0.2, 0) is 9.47 Å². The number of fused-ring (bicyclic) bond motifs is 1. The second-order valence-electron chi connectivity index (χ2n) is 5.96. The van der Waals surface area contributed by atoms with E-state index in [-0.39, 0.29) is 19.0 Å². The van der Waals surface area contributed by atoms with Crippen LogP contribution in [0.5, 0.6) is 5.75 Å². The highest BCUT2D eigenvalue weighted by Gasteiger charge is 2.94. The monoisotopic (exact) mass is 340 g/mol. The molecule has 0 bridgehead atoms. The lowest BCUT2D eigenvalue weighted by molar-refractivity contribution is -0.255. The first kappa shape index (κ1) is 17.2. The van der Waals surface area contributed by atoms with Crippen LogP contribution in [0.4, 0.5) is 0 Å². The summed E-state index contributed by atoms with van der Waals surface area (Å²) in [4.78, 5) is 4.31. The molecule has 1 aliphatic carbocycles. The van der Waals surface area contributed by atoms with Crippen LogP contribution < -0.4 is 10.5 Å². The largest absolute Gasteiger partial charge is 0.496 e. The standard InChI is InChI=1S/C18H20N4O3/c1-4-24-18(25-5-2)17(11-20)14(16(17,10-19)15(21)22-18)12-8-6-7-9-13(12)23-3/h6-9,14H,4-5H2,1-3H3,(H2,21,22)/t14-,16+,17+/m0/s1. The van der Waals surface area contributed by atoms with Crippen molar-refractivity contribution in [3.05, 3.63) is 29.8 Å². The van der Waals surface area contributed by atoms with Crippen molar-refractivity contribution in [2.24, 2.45) is 21.6 Å². The molecule has 7 heteroatoms. The Morgan fingerprint density at radius 3 is 2.32 bits per heavy atom. The zero-order valence-electron chi connectivity index (χ0n) is 14.4. The Hall–Kier alpha value is -2.61. The van der Waals surface area contributed by atoms with Gasteiger partial charge in [-0.1, -0.05) is 18.2 Å². The molecule has 1 saturated carbocycles. The van der Waals surface area contributed by atoms with Gasteiger partial charge in [0.2, 0.25) is 0 Å². The van der Waals surface area contributed by atoms with Crippen LogP contribution in [-0.4, -0.2) is 32.1 Å². The number of nitriles is 2. The van der Waals surface area contributed by atoms with Crippen LogP contribution >= 0.6 is 0 Å². The van der Waals surface area contributed by atoms with Gasteiger partial charge >= 0.3 is 0 Å². The lowest BCUT2D eigenvalue weighted by Gasteiger charge is -2.31. The number of hydrogen-bond acceptors (Lipinski definition) is 7. The number of rotatable bonds is 6. The topological polar surface area (TPSA) is 114 Å². The van der Waals surface area contributed by atoms with Crippen molar-refractivity contribution in [1.29, 1.82) is 10.5 Å². The molecule has 1 aromatic carbocycles. The van der Waals surface area contributed by atoms with E-state index >= 15 is 0 Å². The maximum absolute atomic E-state index is 10.1. The molecule has 0 amide bonds. The number of para-hydroxylation sites is 1. The SMILES string of the molecule is CCOC1(OCC)N=C(N)[C@@]2(C#N)[C@H](c3ccccc3OC)[C@@]12C#N. The van der Waals surface area contributed by atoms with E-state index in [1.807, 2.05) is 18.2 Å². The second kappa shape index (κ2) is 5.73. The fourth-order valence-electron chi connectivity index (χ4n) is 4.12. The first-order valence-corrected chi connectivity index (χ1v) is 8.14. The minimum atomic E-state index is -1.60. The highest BCUT2D eigenvalue weighted by atomic mass is 16.7. The average molecular weight is 340 g/mol. The molecule has 25 heavy (non-hydrogen) atoms. The third-order valence-corrected chi connectivity index (χ3v) is 5.06. The summed E-state index contributed by atoms with van der Waals surface area (Å²) in [5, 5.41) is 20.1. The number of aliphatic imine (C=N–C) groups is 1. The van der Waals surface area contributed by atoms with Crippen LogP contribution in [0.3, 0.4) is 0 Å². The number of amidine groups is 1. The molecule has 3 rings (SSSR count). The van der Waals surface area contributed by atoms with E-state index in [1.165, 1.54) is 0 Å². The van der Waals surface area contributed by atoms with Crippen molar-refractivity contribution in [1.82, 2.24) is 0 Å². The molecule has 1 heterocycles. The van der Waals surface area contributed by atoms with Crippen LogP contribution in [0.15, 0.2) is 29.3 Å². The molecule has 2 aliphatic rings. The van der Waals surface area contributed by atoms with Gasteiger partial charge < -0.3 is 19.9 Å². The quantitative estimate of drug-likeness (QED) is 0.791. The Labute approximate surface area is 146 Å². The van der Waals surface area contributed by atoms with E-state index in [0.29, 0.717) is 5.75 Å². The fraction of sp³-hybridized carbons (Fsp3) is 0.500. The third kappa shape index (κ3) is 1.77. The van der Waals surface area contributed by atoms with Gasteiger partial charge in [-0.25, -0.2) is 4.99 Å². The van der Waals surface area contributed by atoms with Crippen molar-refractivity contribution in [3.63, 3.8) is 0 Å². The summed E-state index contributed by atoms with van der Waals surface area (Å²) >= 11 is 0. The summed E-state index contributed by atoms with van der Waals surface area (Å²) in [6.07, 6.45) is 0. The predicted molar refractivity (Wildman–Crippen MR) is 89.4 cm³/mol. The van der Waals surface area contributed by atoms with Crippen LogP contribution in [0.25, 0.3) is 0 Å². The van der Waals surface area contributed by atoms with Crippen LogP contribution in [0, 0.1) is 33.5 Å². The van der Waals surface area contributed by atoms with Gasteiger partial charge in [-0.05, 0) is 19.9 Å². The van der Waals surface area contributed by atoms with Gasteiger partial charge in [0.1, 0.15) is 17.0 Å². The van der Waals surface area contributed by atoms with Gasteiger partial charge in [0.05, 0.1) is 19.2 Å². The molecule has 1 fully saturated rings. The lowest BCUT2D eigenvalue weighted by atomic mass is 9.93. The van der Waals surface area contributed by atoms with Crippen molar-refractivity contribution in [3.8, 4) is 17.9 Å². The maximum Gasteiger partial charge on any atom is 0.293 e. The van der Waals surface area contributed by atoms with E-state index in [2.05, 4.69) is 17.1 Å². The second-order valence-corrected chi connectivity index (χ2v) is 5.96. The third-order valence-electron chi connectivity index (χ3n) is 5.06. The Kier molecular flexibility index (Phi) is 3.95. The molecule has 2 N–H and O–H groups in total. The smallest absolute Gasteiger partial charge is 0.293 e. The minimum absolute atomic E-state index is 0.0642. The summed E-state index contributed by atoms with van der Waals surface area (Å²) in [7, 11) is 1.55. The molecule has 130 valence electrons. The molecular formula is C18H20N4O3. The predicted octanol–water partition coefficient (Wildman–Crippen LogP) is 1.91. The first-order valence-electron chi connectivity index (χ1n) is 8.14. The van der Waals surface area contributed by atoms with E-state index in [0.717, 1.165) is 5.56 Å². The van der Waals surface area contributed by atoms with E-state index in [4.69, 9.17) is 19.9 Å². The van der Waals surface area contributed by atoms with Crippen molar-refractivity contribution < 1.29 is 14.2 Å². The number of benzene rings is 1. The van der Waals surface area contributed by atoms with Gasteiger partial charge in [-0.15, -0.1) is 0 Å². The van der Waals surface area contributed by atoms with Crippen LogP contribution in [0.2, 0.25) is 0 Å². The molecule has 0 unspecified atom stereocenters. The molecule has 1 aromatic rings. The highest BCUT2D eigenvalue weighted by Crippen LogP contribution is 2.82. The summed E-state index contributed by atoms with van der Waals surface area (Å²) in [6.45, 7) is 4.09. The molecule has 0 spiro atoms. The van der Waals surface area contributed by atoms with Crippen molar-refractivity contribution in [2.75, 3.05) is 20.3 Å². The number of methoxy groups -OCH3 is 1. The van der Waals surface area contributed by atoms with Gasteiger partial charge in [-0.2, -0.15) is 10.5 Å². The number of ether oxygens (including phenoxy) is 3. The molecular weight excluding hydrogens is 320 g/mol. The van der Waals surface area contributed by atoms with E-state index in [1.54, 1.807) is 27.0 Å². The zero-order chi connectivity index (χ0) is 18.3. The maximum atomic E-state index is 10.1. The summed E-state index contributed by atoms with van der Waals surface area (Å²) < 4.78 is 17.0. The number of nitrogens with two attached hydrogens (primary N) is 1.